The molecule has 2 amide bonds. The molecule has 0 bridgehead atoms. The number of aromatic nitrogens is 2. The van der Waals surface area contributed by atoms with Gasteiger partial charge in [0.2, 0.25) is 0 Å². The monoisotopic (exact) mass is 384 g/mol. The van der Waals surface area contributed by atoms with Gasteiger partial charge in [-0.3, -0.25) is 4.79 Å². The van der Waals surface area contributed by atoms with Gasteiger partial charge in [0.15, 0.2) is 0 Å². The number of carbonyl (C=O) groups is 2. The number of urea groups is 1. The lowest BCUT2D eigenvalue weighted by molar-refractivity contribution is -0.142. The molecule has 150 valence electrons. The molecule has 1 saturated carbocycles. The van der Waals surface area contributed by atoms with Crippen molar-refractivity contribution in [1.82, 2.24) is 19.8 Å². The number of hydrogen-bond acceptors (Lipinski definition) is 3. The molecule has 28 heavy (non-hydrogen) atoms. The van der Waals surface area contributed by atoms with Gasteiger partial charge in [-0.15, -0.1) is 0 Å². The number of likely N-dealkylation sites (tertiary alicyclic amines) is 1. The standard InChI is InChI=1S/C21H28N4O3/c1-14-22-18-6-2-3-7-19(18)25(14)13-17-5-4-12-24(17)21(28)23-16-10-8-15(9-11-16)20(26)27/h2-3,6-7,15-17H,4-5,8-13H2,1H3,(H,23,28)(H,26,27). The van der Waals surface area contributed by atoms with Crippen LogP contribution in [0.15, 0.2) is 24.3 Å². The first-order valence-electron chi connectivity index (χ1n) is 10.2. The summed E-state index contributed by atoms with van der Waals surface area (Å²) < 4.78 is 2.21. The molecule has 1 atom stereocenters. The van der Waals surface area contributed by atoms with Gasteiger partial charge in [-0.2, -0.15) is 0 Å². The summed E-state index contributed by atoms with van der Waals surface area (Å²) in [5.41, 5.74) is 2.10. The second-order valence-corrected chi connectivity index (χ2v) is 8.08. The minimum Gasteiger partial charge on any atom is -0.481 e. The number of carboxylic acid groups (broad SMARTS) is 1. The predicted molar refractivity (Wildman–Crippen MR) is 106 cm³/mol. The fourth-order valence-electron chi connectivity index (χ4n) is 4.67. The fourth-order valence-corrected chi connectivity index (χ4v) is 4.67. The number of carboxylic acids is 1. The summed E-state index contributed by atoms with van der Waals surface area (Å²) in [6.07, 6.45) is 4.77. The number of carbonyl (C=O) groups excluding carboxylic acids is 1. The van der Waals surface area contributed by atoms with Crippen LogP contribution in [0.4, 0.5) is 4.79 Å². The van der Waals surface area contributed by atoms with Crippen LogP contribution in [0.25, 0.3) is 11.0 Å². The van der Waals surface area contributed by atoms with Crippen molar-refractivity contribution in [3.05, 3.63) is 30.1 Å². The van der Waals surface area contributed by atoms with Gasteiger partial charge >= 0.3 is 12.0 Å². The highest BCUT2D eigenvalue weighted by Crippen LogP contribution is 2.26. The van der Waals surface area contributed by atoms with Crippen molar-refractivity contribution in [2.45, 2.75) is 64.1 Å². The first-order chi connectivity index (χ1) is 13.5. The number of nitrogens with one attached hydrogen (secondary N) is 1. The number of aryl methyl sites for hydroxylation is 1. The Hall–Kier alpha value is -2.57. The first-order valence-corrected chi connectivity index (χ1v) is 10.2. The number of nitrogens with zero attached hydrogens (tertiary/aromatic N) is 3. The van der Waals surface area contributed by atoms with E-state index in [0.29, 0.717) is 12.8 Å². The van der Waals surface area contributed by atoms with E-state index in [1.807, 2.05) is 30.0 Å². The maximum atomic E-state index is 12.9. The minimum absolute atomic E-state index is 0.0108. The number of fused-ring (bicyclic) bond motifs is 1. The zero-order valence-corrected chi connectivity index (χ0v) is 16.3. The van der Waals surface area contributed by atoms with Crippen molar-refractivity contribution in [3.8, 4) is 0 Å². The van der Waals surface area contributed by atoms with E-state index in [-0.39, 0.29) is 24.0 Å². The first kappa shape index (κ1) is 18.8. The van der Waals surface area contributed by atoms with Gasteiger partial charge in [0.05, 0.1) is 23.0 Å². The van der Waals surface area contributed by atoms with Crippen LogP contribution in [-0.4, -0.2) is 50.2 Å². The minimum atomic E-state index is -0.715. The number of aliphatic carboxylic acids is 1. The van der Waals surface area contributed by atoms with Gasteiger partial charge in [0.25, 0.3) is 0 Å². The van der Waals surface area contributed by atoms with E-state index < -0.39 is 5.97 Å². The van der Waals surface area contributed by atoms with Crippen LogP contribution < -0.4 is 5.32 Å². The summed E-state index contributed by atoms with van der Waals surface area (Å²) in [5.74, 6) is -0.00190. The molecule has 1 aliphatic heterocycles. The topological polar surface area (TPSA) is 87.5 Å². The Morgan fingerprint density at radius 3 is 2.68 bits per heavy atom. The Labute approximate surface area is 164 Å². The van der Waals surface area contributed by atoms with E-state index in [4.69, 9.17) is 5.11 Å². The highest BCUT2D eigenvalue weighted by Gasteiger charge is 2.32. The molecule has 0 radical (unpaired) electrons. The van der Waals surface area contributed by atoms with Crippen LogP contribution in [0, 0.1) is 12.8 Å². The second-order valence-electron chi connectivity index (χ2n) is 8.08. The third kappa shape index (κ3) is 3.70. The Morgan fingerprint density at radius 1 is 1.18 bits per heavy atom. The molecular weight excluding hydrogens is 356 g/mol. The van der Waals surface area contributed by atoms with Crippen LogP contribution in [0.5, 0.6) is 0 Å². The molecule has 1 aliphatic carbocycles. The fraction of sp³-hybridized carbons (Fsp3) is 0.571. The van der Waals surface area contributed by atoms with Gasteiger partial charge in [-0.25, -0.2) is 9.78 Å². The van der Waals surface area contributed by atoms with Gasteiger partial charge in [0, 0.05) is 19.1 Å². The number of benzene rings is 1. The maximum absolute atomic E-state index is 12.9. The average Bonchev–Trinajstić information content (AvgIpc) is 3.27. The summed E-state index contributed by atoms with van der Waals surface area (Å²) in [5, 5.41) is 12.3. The van der Waals surface area contributed by atoms with Crippen LogP contribution in [-0.2, 0) is 11.3 Å². The van der Waals surface area contributed by atoms with E-state index in [1.54, 1.807) is 0 Å². The Balaban J connectivity index is 1.40. The van der Waals surface area contributed by atoms with Crippen LogP contribution in [0.3, 0.4) is 0 Å². The smallest absolute Gasteiger partial charge is 0.317 e. The van der Waals surface area contributed by atoms with E-state index >= 15 is 0 Å². The van der Waals surface area contributed by atoms with Crippen molar-refractivity contribution in [2.75, 3.05) is 6.54 Å². The van der Waals surface area contributed by atoms with Crippen molar-refractivity contribution in [3.63, 3.8) is 0 Å². The lowest BCUT2D eigenvalue weighted by atomic mass is 9.86. The SMILES string of the molecule is Cc1nc2ccccc2n1CC1CCCN1C(=O)NC1CCC(C(=O)O)CC1. The summed E-state index contributed by atoms with van der Waals surface area (Å²) in [4.78, 5) is 30.6. The molecule has 1 saturated heterocycles. The summed E-state index contributed by atoms with van der Waals surface area (Å²) in [6, 6.07) is 8.34. The van der Waals surface area contributed by atoms with E-state index in [0.717, 1.165) is 55.6 Å². The van der Waals surface area contributed by atoms with Crippen molar-refractivity contribution < 1.29 is 14.7 Å². The molecule has 1 aromatic heterocycles. The van der Waals surface area contributed by atoms with Crippen LogP contribution >= 0.6 is 0 Å². The third-order valence-electron chi connectivity index (χ3n) is 6.28. The summed E-state index contributed by atoms with van der Waals surface area (Å²) in [7, 11) is 0. The molecule has 7 nitrogen and oxygen atoms in total. The number of amides is 2. The van der Waals surface area contributed by atoms with Crippen LogP contribution in [0.2, 0.25) is 0 Å². The molecule has 2 aliphatic rings. The number of hydrogen-bond donors (Lipinski definition) is 2. The molecule has 1 aromatic carbocycles. The molecule has 2 heterocycles. The second kappa shape index (κ2) is 7.81. The molecular formula is C21H28N4O3. The highest BCUT2D eigenvalue weighted by molar-refractivity contribution is 5.77. The van der Waals surface area contributed by atoms with Gasteiger partial charge in [0.1, 0.15) is 5.82 Å². The zero-order chi connectivity index (χ0) is 19.7. The number of rotatable bonds is 4. The molecule has 7 heteroatoms. The molecule has 2 N–H and O–H groups in total. The van der Waals surface area contributed by atoms with Crippen LogP contribution in [0.1, 0.15) is 44.3 Å². The lowest BCUT2D eigenvalue weighted by Gasteiger charge is -2.31. The van der Waals surface area contributed by atoms with E-state index in [2.05, 4.69) is 20.9 Å². The van der Waals surface area contributed by atoms with Crippen molar-refractivity contribution in [2.24, 2.45) is 5.92 Å². The highest BCUT2D eigenvalue weighted by atomic mass is 16.4. The van der Waals surface area contributed by atoms with Gasteiger partial charge in [-0.05, 0) is 57.6 Å². The quantitative estimate of drug-likeness (QED) is 0.848. The van der Waals surface area contributed by atoms with Crippen molar-refractivity contribution in [1.29, 1.82) is 0 Å². The lowest BCUT2D eigenvalue weighted by Crippen LogP contribution is -2.49. The maximum Gasteiger partial charge on any atom is 0.317 e. The Kier molecular flexibility index (Phi) is 5.24. The average molecular weight is 384 g/mol. The third-order valence-corrected chi connectivity index (χ3v) is 6.28. The predicted octanol–water partition coefficient (Wildman–Crippen LogP) is 3.16. The summed E-state index contributed by atoms with van der Waals surface area (Å²) in [6.45, 7) is 3.54. The number of para-hydroxylation sites is 2. The zero-order valence-electron chi connectivity index (χ0n) is 16.3. The van der Waals surface area contributed by atoms with E-state index in [9.17, 15) is 9.59 Å². The summed E-state index contributed by atoms with van der Waals surface area (Å²) >= 11 is 0. The number of imidazole rings is 1. The Bertz CT molecular complexity index is 870. The van der Waals surface area contributed by atoms with E-state index in [1.165, 1.54) is 0 Å². The molecule has 0 spiro atoms. The molecule has 2 fully saturated rings. The largest absolute Gasteiger partial charge is 0.481 e. The molecule has 2 aromatic rings. The Morgan fingerprint density at radius 2 is 1.93 bits per heavy atom. The molecule has 4 rings (SSSR count). The van der Waals surface area contributed by atoms with Gasteiger partial charge in [-0.1, -0.05) is 12.1 Å². The normalized spacial score (nSPS) is 25.2. The van der Waals surface area contributed by atoms with Gasteiger partial charge < -0.3 is 19.9 Å². The molecule has 1 unspecified atom stereocenters. The van der Waals surface area contributed by atoms with Crippen molar-refractivity contribution >= 4 is 23.0 Å².